The first-order valence-corrected chi connectivity index (χ1v) is 8.84. The van der Waals surface area contributed by atoms with Crippen molar-refractivity contribution in [1.29, 1.82) is 0 Å². The Bertz CT molecular complexity index is 769. The largest absolute Gasteiger partial charge is 0.445 e. The van der Waals surface area contributed by atoms with Crippen LogP contribution in [0, 0.1) is 13.8 Å². The number of nitrogens with zero attached hydrogens (tertiary/aromatic N) is 1. The van der Waals surface area contributed by atoms with Gasteiger partial charge in [0.15, 0.2) is 5.78 Å². The molecule has 0 bridgehead atoms. The van der Waals surface area contributed by atoms with Crippen molar-refractivity contribution in [2.75, 3.05) is 19.6 Å². The number of hydrogen-bond acceptors (Lipinski definition) is 4. The van der Waals surface area contributed by atoms with Gasteiger partial charge in [-0.15, -0.1) is 0 Å². The summed E-state index contributed by atoms with van der Waals surface area (Å²) in [5, 5.41) is 3.22. The Morgan fingerprint density at radius 1 is 1.12 bits per heavy atom. The number of hydrogen-bond donors (Lipinski definition) is 1. The minimum absolute atomic E-state index is 0.0114. The van der Waals surface area contributed by atoms with Crippen LogP contribution in [0.5, 0.6) is 0 Å². The summed E-state index contributed by atoms with van der Waals surface area (Å²) >= 11 is 0. The minimum Gasteiger partial charge on any atom is -0.445 e. The fraction of sp³-hybridized carbons (Fsp3) is 0.333. The molecule has 0 aromatic heterocycles. The fourth-order valence-corrected chi connectivity index (χ4v) is 3.22. The molecule has 1 fully saturated rings. The van der Waals surface area contributed by atoms with E-state index in [2.05, 4.69) is 5.32 Å². The number of ketones is 1. The molecule has 5 nitrogen and oxygen atoms in total. The maximum Gasteiger partial charge on any atom is 0.410 e. The second-order valence-electron chi connectivity index (χ2n) is 6.73. The standard InChI is InChI=1S/C21H24N2O3/c1-15-10-16(2)12-18(11-15)20(24)19-13-23(9-8-22-19)21(25)26-14-17-6-4-3-5-7-17/h3-7,10-12,19,22H,8-9,13-14H2,1-2H3/t19-/m0/s1. The van der Waals surface area contributed by atoms with Crippen molar-refractivity contribution >= 4 is 11.9 Å². The molecule has 0 spiro atoms. The highest BCUT2D eigenvalue weighted by molar-refractivity contribution is 6.00. The maximum atomic E-state index is 12.8. The van der Waals surface area contributed by atoms with E-state index in [1.54, 1.807) is 4.90 Å². The van der Waals surface area contributed by atoms with Crippen LogP contribution in [0.4, 0.5) is 4.79 Å². The van der Waals surface area contributed by atoms with E-state index in [0.29, 0.717) is 25.2 Å². The first-order chi connectivity index (χ1) is 12.5. The molecule has 2 aromatic rings. The highest BCUT2D eigenvalue weighted by Gasteiger charge is 2.29. The van der Waals surface area contributed by atoms with Crippen molar-refractivity contribution in [3.8, 4) is 0 Å². The Balaban J connectivity index is 1.61. The Morgan fingerprint density at radius 2 is 1.81 bits per heavy atom. The van der Waals surface area contributed by atoms with Crippen molar-refractivity contribution in [3.05, 3.63) is 70.8 Å². The van der Waals surface area contributed by atoms with Crippen LogP contribution in [0.15, 0.2) is 48.5 Å². The van der Waals surface area contributed by atoms with Gasteiger partial charge in [-0.25, -0.2) is 4.79 Å². The molecule has 1 N–H and O–H groups in total. The van der Waals surface area contributed by atoms with Crippen molar-refractivity contribution in [2.45, 2.75) is 26.5 Å². The SMILES string of the molecule is Cc1cc(C)cc(C(=O)[C@@H]2CN(C(=O)OCc3ccccc3)CCN2)c1. The van der Waals surface area contributed by atoms with Gasteiger partial charge >= 0.3 is 6.09 Å². The Hall–Kier alpha value is -2.66. The van der Waals surface area contributed by atoms with Crippen molar-refractivity contribution in [3.63, 3.8) is 0 Å². The molecule has 3 rings (SSSR count). The number of carbonyl (C=O) groups excluding carboxylic acids is 2. The normalized spacial score (nSPS) is 17.0. The summed E-state index contributed by atoms with van der Waals surface area (Å²) in [6, 6.07) is 15.0. The third-order valence-corrected chi connectivity index (χ3v) is 4.46. The van der Waals surface area contributed by atoms with Crippen LogP contribution in [0.3, 0.4) is 0 Å². The molecule has 1 amide bonds. The highest BCUT2D eigenvalue weighted by atomic mass is 16.6. The number of Topliss-reactive ketones (excluding diaryl/α,β-unsaturated/α-hetero) is 1. The van der Waals surface area contributed by atoms with Crippen LogP contribution >= 0.6 is 0 Å². The minimum atomic E-state index is -0.408. The van der Waals surface area contributed by atoms with Gasteiger partial charge in [0.2, 0.25) is 0 Å². The van der Waals surface area contributed by atoms with Crippen LogP contribution in [0.1, 0.15) is 27.0 Å². The number of amides is 1. The van der Waals surface area contributed by atoms with Crippen LogP contribution in [0.2, 0.25) is 0 Å². The highest BCUT2D eigenvalue weighted by Crippen LogP contribution is 2.14. The van der Waals surface area contributed by atoms with E-state index < -0.39 is 6.04 Å². The third kappa shape index (κ3) is 4.49. The Kier molecular flexibility index (Phi) is 5.68. The molecule has 2 aromatic carbocycles. The number of rotatable bonds is 4. The predicted molar refractivity (Wildman–Crippen MR) is 100 cm³/mol. The molecule has 0 saturated carbocycles. The Morgan fingerprint density at radius 3 is 2.50 bits per heavy atom. The van der Waals surface area contributed by atoms with Gasteiger partial charge in [0, 0.05) is 25.2 Å². The molecular formula is C21H24N2O3. The van der Waals surface area contributed by atoms with Crippen molar-refractivity contribution in [1.82, 2.24) is 10.2 Å². The molecule has 5 heteroatoms. The number of piperazine rings is 1. The zero-order chi connectivity index (χ0) is 18.5. The summed E-state index contributed by atoms with van der Waals surface area (Å²) < 4.78 is 5.39. The summed E-state index contributed by atoms with van der Waals surface area (Å²) in [4.78, 5) is 26.8. The van der Waals surface area contributed by atoms with Gasteiger partial charge in [-0.1, -0.05) is 47.5 Å². The number of nitrogens with one attached hydrogen (secondary N) is 1. The zero-order valence-corrected chi connectivity index (χ0v) is 15.2. The van der Waals surface area contributed by atoms with E-state index in [4.69, 9.17) is 4.74 Å². The van der Waals surface area contributed by atoms with Gasteiger partial charge in [0.25, 0.3) is 0 Å². The molecule has 0 radical (unpaired) electrons. The molecule has 1 aliphatic heterocycles. The average molecular weight is 352 g/mol. The molecule has 136 valence electrons. The molecule has 1 heterocycles. The molecule has 0 unspecified atom stereocenters. The van der Waals surface area contributed by atoms with Gasteiger partial charge in [-0.3, -0.25) is 4.79 Å². The van der Waals surface area contributed by atoms with E-state index in [0.717, 1.165) is 16.7 Å². The van der Waals surface area contributed by atoms with Crippen molar-refractivity contribution in [2.24, 2.45) is 0 Å². The van der Waals surface area contributed by atoms with Gasteiger partial charge in [-0.2, -0.15) is 0 Å². The lowest BCUT2D eigenvalue weighted by Gasteiger charge is -2.32. The molecule has 1 atom stereocenters. The van der Waals surface area contributed by atoms with Gasteiger partial charge in [-0.05, 0) is 31.5 Å². The zero-order valence-electron chi connectivity index (χ0n) is 15.2. The molecule has 1 saturated heterocycles. The molecular weight excluding hydrogens is 328 g/mol. The fourth-order valence-electron chi connectivity index (χ4n) is 3.22. The second-order valence-corrected chi connectivity index (χ2v) is 6.73. The maximum absolute atomic E-state index is 12.8. The van der Waals surface area contributed by atoms with Crippen molar-refractivity contribution < 1.29 is 14.3 Å². The lowest BCUT2D eigenvalue weighted by atomic mass is 9.98. The topological polar surface area (TPSA) is 58.6 Å². The summed E-state index contributed by atoms with van der Waals surface area (Å²) in [6.07, 6.45) is -0.381. The summed E-state index contributed by atoms with van der Waals surface area (Å²) in [5.74, 6) is 0.0114. The Labute approximate surface area is 154 Å². The summed E-state index contributed by atoms with van der Waals surface area (Å²) in [6.45, 7) is 5.61. The van der Waals surface area contributed by atoms with E-state index in [1.807, 2.05) is 62.4 Å². The van der Waals surface area contributed by atoms with Gasteiger partial charge < -0.3 is 15.0 Å². The van der Waals surface area contributed by atoms with Crippen LogP contribution in [-0.4, -0.2) is 42.5 Å². The first kappa shape index (κ1) is 18.1. The van der Waals surface area contributed by atoms with Crippen LogP contribution in [0.25, 0.3) is 0 Å². The third-order valence-electron chi connectivity index (χ3n) is 4.46. The quantitative estimate of drug-likeness (QED) is 0.859. The van der Waals surface area contributed by atoms with E-state index >= 15 is 0 Å². The van der Waals surface area contributed by atoms with Crippen LogP contribution < -0.4 is 5.32 Å². The monoisotopic (exact) mass is 352 g/mol. The molecule has 0 aliphatic carbocycles. The number of aryl methyl sites for hydroxylation is 2. The van der Waals surface area contributed by atoms with Gasteiger partial charge in [0.05, 0.1) is 6.04 Å². The van der Waals surface area contributed by atoms with E-state index in [-0.39, 0.29) is 18.5 Å². The van der Waals surface area contributed by atoms with E-state index in [1.165, 1.54) is 0 Å². The number of benzene rings is 2. The number of ether oxygens (including phenoxy) is 1. The lowest BCUT2D eigenvalue weighted by Crippen LogP contribution is -2.55. The lowest BCUT2D eigenvalue weighted by molar-refractivity contribution is 0.0752. The predicted octanol–water partition coefficient (Wildman–Crippen LogP) is 3.10. The van der Waals surface area contributed by atoms with Crippen LogP contribution in [-0.2, 0) is 11.3 Å². The second kappa shape index (κ2) is 8.15. The van der Waals surface area contributed by atoms with Gasteiger partial charge in [0.1, 0.15) is 6.61 Å². The molecule has 26 heavy (non-hydrogen) atoms. The summed E-state index contributed by atoms with van der Waals surface area (Å²) in [7, 11) is 0. The first-order valence-electron chi connectivity index (χ1n) is 8.84. The smallest absolute Gasteiger partial charge is 0.410 e. The number of carbonyl (C=O) groups is 2. The van der Waals surface area contributed by atoms with E-state index in [9.17, 15) is 9.59 Å². The molecule has 1 aliphatic rings. The average Bonchev–Trinajstić information content (AvgIpc) is 2.65. The summed E-state index contributed by atoms with van der Waals surface area (Å²) in [5.41, 5.74) is 3.74.